The van der Waals surface area contributed by atoms with E-state index in [9.17, 15) is 13.2 Å². The number of hydrazone groups is 1. The summed E-state index contributed by atoms with van der Waals surface area (Å²) in [5.41, 5.74) is 3.46. The topological polar surface area (TPSA) is 77.2 Å². The molecule has 1 N–H and O–H groups in total. The molecule has 0 fully saturated rings. The number of methoxy groups -OCH3 is 1. The van der Waals surface area contributed by atoms with E-state index in [1.807, 2.05) is 0 Å². The molecule has 0 atom stereocenters. The van der Waals surface area contributed by atoms with Gasteiger partial charge in [0.15, 0.2) is 0 Å². The lowest BCUT2D eigenvalue weighted by Crippen LogP contribution is -2.03. The van der Waals surface area contributed by atoms with Crippen molar-refractivity contribution in [1.82, 2.24) is 19.7 Å². The highest BCUT2D eigenvalue weighted by atomic mass is 19.3. The van der Waals surface area contributed by atoms with Crippen LogP contribution in [-0.2, 0) is 7.05 Å². The average Bonchev–Trinajstić information content (AvgIpc) is 2.93. The van der Waals surface area contributed by atoms with Crippen LogP contribution >= 0.6 is 0 Å². The molecule has 0 unspecified atom stereocenters. The number of nitrogens with zero attached hydrogens (tertiary/aromatic N) is 5. The van der Waals surface area contributed by atoms with Crippen LogP contribution in [-0.4, -0.2) is 33.1 Å². The van der Waals surface area contributed by atoms with Gasteiger partial charge in [-0.15, -0.1) is 0 Å². The zero-order valence-corrected chi connectivity index (χ0v) is 15.3. The number of hydrogen-bond donors (Lipinski definition) is 1. The summed E-state index contributed by atoms with van der Waals surface area (Å²) >= 11 is 0. The van der Waals surface area contributed by atoms with Gasteiger partial charge in [-0.1, -0.05) is 12.1 Å². The van der Waals surface area contributed by atoms with E-state index in [0.717, 1.165) is 4.68 Å². The van der Waals surface area contributed by atoms with Crippen LogP contribution in [0.1, 0.15) is 23.4 Å². The second-order valence-corrected chi connectivity index (χ2v) is 5.82. The lowest BCUT2D eigenvalue weighted by Gasteiger charge is -2.08. The Kier molecular flexibility index (Phi) is 5.57. The molecule has 7 nitrogen and oxygen atoms in total. The highest BCUT2D eigenvalue weighted by Crippen LogP contribution is 2.27. The highest BCUT2D eigenvalue weighted by Gasteiger charge is 2.15. The molecular weight excluding hydrogens is 373 g/mol. The minimum atomic E-state index is -2.80. The quantitative estimate of drug-likeness (QED) is 0.513. The van der Waals surface area contributed by atoms with Gasteiger partial charge in [-0.25, -0.2) is 28.9 Å². The van der Waals surface area contributed by atoms with Gasteiger partial charge in [-0.3, -0.25) is 0 Å². The number of alkyl halides is 2. The van der Waals surface area contributed by atoms with Gasteiger partial charge in [-0.05, 0) is 25.1 Å². The Labute approximate surface area is 158 Å². The summed E-state index contributed by atoms with van der Waals surface area (Å²) in [4.78, 5) is 7.95. The van der Waals surface area contributed by atoms with Gasteiger partial charge in [0.1, 0.15) is 11.4 Å². The van der Waals surface area contributed by atoms with Crippen molar-refractivity contribution in [3.05, 3.63) is 53.2 Å². The number of ether oxygens (including phenoxy) is 1. The Balaban J connectivity index is 1.92. The van der Waals surface area contributed by atoms with Gasteiger partial charge in [0.25, 0.3) is 6.43 Å². The Morgan fingerprint density at radius 1 is 1.25 bits per heavy atom. The molecule has 0 spiro atoms. The van der Waals surface area contributed by atoms with E-state index in [-0.39, 0.29) is 17.2 Å². The van der Waals surface area contributed by atoms with Crippen molar-refractivity contribution in [3.8, 4) is 17.0 Å². The molecule has 146 valence electrons. The zero-order valence-electron chi connectivity index (χ0n) is 15.3. The minimum absolute atomic E-state index is 0.145. The highest BCUT2D eigenvalue weighted by molar-refractivity contribution is 5.81. The number of aromatic nitrogens is 4. The summed E-state index contributed by atoms with van der Waals surface area (Å²) in [5, 5.41) is 7.78. The Bertz CT molecular complexity index is 1020. The maximum atomic E-state index is 13.9. The van der Waals surface area contributed by atoms with E-state index >= 15 is 0 Å². The van der Waals surface area contributed by atoms with E-state index in [4.69, 9.17) is 4.74 Å². The molecule has 0 saturated heterocycles. The lowest BCUT2D eigenvalue weighted by atomic mass is 10.1. The summed E-state index contributed by atoms with van der Waals surface area (Å²) in [6, 6.07) is 8.02. The van der Waals surface area contributed by atoms with E-state index < -0.39 is 18.1 Å². The summed E-state index contributed by atoms with van der Waals surface area (Å²) in [7, 11) is 2.97. The molecule has 2 heterocycles. The maximum absolute atomic E-state index is 13.9. The van der Waals surface area contributed by atoms with Crippen molar-refractivity contribution < 1.29 is 17.9 Å². The van der Waals surface area contributed by atoms with E-state index in [1.165, 1.54) is 26.4 Å². The van der Waals surface area contributed by atoms with Crippen molar-refractivity contribution in [2.75, 3.05) is 12.5 Å². The number of benzene rings is 1. The lowest BCUT2D eigenvalue weighted by molar-refractivity contribution is 0.146. The van der Waals surface area contributed by atoms with Gasteiger partial charge < -0.3 is 4.74 Å². The first-order valence-electron chi connectivity index (χ1n) is 8.18. The van der Waals surface area contributed by atoms with E-state index in [0.29, 0.717) is 17.0 Å². The maximum Gasteiger partial charge on any atom is 0.280 e. The number of halogens is 3. The van der Waals surface area contributed by atoms with Crippen molar-refractivity contribution in [1.29, 1.82) is 0 Å². The predicted octanol–water partition coefficient (Wildman–Crippen LogP) is 3.72. The fourth-order valence-electron chi connectivity index (χ4n) is 2.51. The molecule has 10 heteroatoms. The molecule has 0 saturated carbocycles. The molecule has 0 aliphatic rings. The second-order valence-electron chi connectivity index (χ2n) is 5.82. The summed E-state index contributed by atoms with van der Waals surface area (Å²) < 4.78 is 46.6. The zero-order chi connectivity index (χ0) is 20.3. The third-order valence-electron chi connectivity index (χ3n) is 3.89. The number of nitrogens with one attached hydrogen (secondary N) is 1. The monoisotopic (exact) mass is 390 g/mol. The Morgan fingerprint density at radius 2 is 2.04 bits per heavy atom. The van der Waals surface area contributed by atoms with Crippen LogP contribution in [0.15, 0.2) is 35.4 Å². The van der Waals surface area contributed by atoms with Crippen LogP contribution in [0.5, 0.6) is 5.75 Å². The predicted molar refractivity (Wildman–Crippen MR) is 98.1 cm³/mol. The molecular formula is C18H17F3N6O. The number of hydrogen-bond acceptors (Lipinski definition) is 6. The first-order valence-corrected chi connectivity index (χ1v) is 8.18. The largest absolute Gasteiger partial charge is 0.497 e. The number of anilines is 1. The summed E-state index contributed by atoms with van der Waals surface area (Å²) in [5.74, 6) is -0.152. The minimum Gasteiger partial charge on any atom is -0.497 e. The van der Waals surface area contributed by atoms with E-state index in [2.05, 4.69) is 25.6 Å². The fourth-order valence-corrected chi connectivity index (χ4v) is 2.51. The van der Waals surface area contributed by atoms with Crippen LogP contribution in [0, 0.1) is 12.9 Å². The van der Waals surface area contributed by atoms with E-state index in [1.54, 1.807) is 31.2 Å². The van der Waals surface area contributed by atoms with Crippen molar-refractivity contribution in [2.45, 2.75) is 13.3 Å². The Morgan fingerprint density at radius 3 is 2.68 bits per heavy atom. The Hall–Kier alpha value is -3.43. The molecule has 0 aliphatic carbocycles. The third kappa shape index (κ3) is 4.11. The van der Waals surface area contributed by atoms with Crippen LogP contribution in [0.2, 0.25) is 0 Å². The summed E-state index contributed by atoms with van der Waals surface area (Å²) in [6.07, 6.45) is -1.60. The molecule has 0 radical (unpaired) electrons. The van der Waals surface area contributed by atoms with Crippen LogP contribution in [0.4, 0.5) is 19.1 Å². The van der Waals surface area contributed by atoms with Crippen LogP contribution < -0.4 is 10.2 Å². The van der Waals surface area contributed by atoms with Gasteiger partial charge in [0, 0.05) is 12.6 Å². The average molecular weight is 390 g/mol. The van der Waals surface area contributed by atoms with Crippen LogP contribution in [0.25, 0.3) is 11.3 Å². The van der Waals surface area contributed by atoms with Gasteiger partial charge in [0.2, 0.25) is 11.9 Å². The normalized spacial score (nSPS) is 11.4. The molecule has 0 amide bonds. The van der Waals surface area contributed by atoms with Crippen molar-refractivity contribution in [2.24, 2.45) is 12.1 Å². The number of rotatable bonds is 6. The van der Waals surface area contributed by atoms with Crippen molar-refractivity contribution in [3.63, 3.8) is 0 Å². The molecule has 0 bridgehead atoms. The smallest absolute Gasteiger partial charge is 0.280 e. The molecule has 1 aromatic carbocycles. The molecule has 0 aliphatic heterocycles. The first-order chi connectivity index (χ1) is 13.4. The number of aryl methyl sites for hydroxylation is 2. The van der Waals surface area contributed by atoms with Gasteiger partial charge in [0.05, 0.1) is 30.3 Å². The summed E-state index contributed by atoms with van der Waals surface area (Å²) in [6.45, 7) is 1.62. The molecule has 28 heavy (non-hydrogen) atoms. The SMILES string of the molecule is COc1cccc(-c2cc(C(F)F)nc(NN=Cc3c(C)nn(C)c3F)n2)c1. The molecule has 3 aromatic rings. The third-order valence-corrected chi connectivity index (χ3v) is 3.89. The van der Waals surface area contributed by atoms with Crippen LogP contribution in [0.3, 0.4) is 0 Å². The van der Waals surface area contributed by atoms with Gasteiger partial charge in [-0.2, -0.15) is 14.6 Å². The van der Waals surface area contributed by atoms with Crippen molar-refractivity contribution >= 4 is 12.2 Å². The fraction of sp³-hybridized carbons (Fsp3) is 0.222. The molecule has 3 rings (SSSR count). The standard InChI is InChI=1S/C18H17F3N6O/c1-10-13(17(21)27(2)26-10)9-22-25-18-23-14(8-15(24-18)16(19)20)11-5-4-6-12(7-11)28-3/h4-9,16H,1-3H3,(H,23,24,25). The first kappa shape index (κ1) is 19.3. The molecule has 2 aromatic heterocycles. The second kappa shape index (κ2) is 8.07. The van der Waals surface area contributed by atoms with Gasteiger partial charge >= 0.3 is 0 Å².